The molecule has 1 atom stereocenters. The van der Waals surface area contributed by atoms with Crippen molar-refractivity contribution >= 4 is 0 Å². The molecule has 1 aromatic carbocycles. The summed E-state index contributed by atoms with van der Waals surface area (Å²) in [5, 5.41) is 3.35. The van der Waals surface area contributed by atoms with E-state index in [1.54, 1.807) is 14.2 Å². The van der Waals surface area contributed by atoms with Crippen molar-refractivity contribution in [2.45, 2.75) is 12.6 Å². The highest BCUT2D eigenvalue weighted by atomic mass is 16.5. The minimum atomic E-state index is 0.262. The minimum Gasteiger partial charge on any atom is -0.497 e. The van der Waals surface area contributed by atoms with Crippen molar-refractivity contribution in [2.75, 3.05) is 47.5 Å². The first kappa shape index (κ1) is 15.1. The molecule has 0 radical (unpaired) electrons. The largest absolute Gasteiger partial charge is 0.497 e. The lowest BCUT2D eigenvalue weighted by atomic mass is 10.1. The fourth-order valence-electron chi connectivity index (χ4n) is 2.42. The van der Waals surface area contributed by atoms with Crippen LogP contribution in [0.1, 0.15) is 5.56 Å². The molecule has 0 bridgehead atoms. The number of nitrogens with one attached hydrogen (secondary N) is 1. The van der Waals surface area contributed by atoms with E-state index in [2.05, 4.69) is 17.3 Å². The fourth-order valence-corrected chi connectivity index (χ4v) is 2.42. The monoisotopic (exact) mass is 280 g/mol. The predicted molar refractivity (Wildman–Crippen MR) is 78.5 cm³/mol. The first-order valence-corrected chi connectivity index (χ1v) is 6.94. The summed E-state index contributed by atoms with van der Waals surface area (Å²) in [6, 6.07) is 5.93. The van der Waals surface area contributed by atoms with Crippen LogP contribution >= 0.6 is 0 Å². The number of likely N-dealkylation sites (N-methyl/N-ethyl adjacent to an activating group) is 1. The van der Waals surface area contributed by atoms with Crippen LogP contribution in [0.3, 0.4) is 0 Å². The molecule has 0 saturated carbocycles. The van der Waals surface area contributed by atoms with Gasteiger partial charge in [-0.1, -0.05) is 6.07 Å². The highest BCUT2D eigenvalue weighted by Crippen LogP contribution is 2.25. The number of nitrogens with zero attached hydrogens (tertiary/aromatic N) is 1. The molecule has 1 heterocycles. The second kappa shape index (κ2) is 7.47. The third-order valence-corrected chi connectivity index (χ3v) is 3.45. The molecule has 112 valence electrons. The molecular formula is C15H24N2O3. The van der Waals surface area contributed by atoms with Crippen molar-refractivity contribution in [3.05, 3.63) is 23.8 Å². The Morgan fingerprint density at radius 2 is 2.20 bits per heavy atom. The van der Waals surface area contributed by atoms with E-state index >= 15 is 0 Å². The zero-order valence-corrected chi connectivity index (χ0v) is 12.5. The maximum absolute atomic E-state index is 5.72. The summed E-state index contributed by atoms with van der Waals surface area (Å²) in [6.45, 7) is 4.40. The molecular weight excluding hydrogens is 256 g/mol. The Kier molecular flexibility index (Phi) is 5.64. The van der Waals surface area contributed by atoms with E-state index in [9.17, 15) is 0 Å². The van der Waals surface area contributed by atoms with Crippen LogP contribution in [0.15, 0.2) is 18.2 Å². The molecule has 0 spiro atoms. The van der Waals surface area contributed by atoms with Crippen molar-refractivity contribution < 1.29 is 14.2 Å². The molecule has 5 heteroatoms. The SMILES string of the molecule is COc1ccc(CN(C)CC2CNCCO2)c(OC)c1. The lowest BCUT2D eigenvalue weighted by Crippen LogP contribution is -2.44. The Morgan fingerprint density at radius 1 is 1.35 bits per heavy atom. The van der Waals surface area contributed by atoms with E-state index in [0.717, 1.165) is 49.8 Å². The highest BCUT2D eigenvalue weighted by molar-refractivity contribution is 5.40. The van der Waals surface area contributed by atoms with Crippen LogP contribution in [0.2, 0.25) is 0 Å². The topological polar surface area (TPSA) is 43.0 Å². The average Bonchev–Trinajstić information content (AvgIpc) is 2.48. The first-order valence-electron chi connectivity index (χ1n) is 6.94. The van der Waals surface area contributed by atoms with Gasteiger partial charge in [-0.25, -0.2) is 0 Å². The van der Waals surface area contributed by atoms with Crippen molar-refractivity contribution in [1.82, 2.24) is 10.2 Å². The van der Waals surface area contributed by atoms with Crippen LogP contribution in [0.5, 0.6) is 11.5 Å². The van der Waals surface area contributed by atoms with E-state index in [1.807, 2.05) is 18.2 Å². The normalized spacial score (nSPS) is 19.1. The maximum atomic E-state index is 5.72. The number of morpholine rings is 1. The van der Waals surface area contributed by atoms with Crippen molar-refractivity contribution in [3.63, 3.8) is 0 Å². The van der Waals surface area contributed by atoms with Gasteiger partial charge in [0.15, 0.2) is 0 Å². The molecule has 1 aromatic rings. The molecule has 1 aliphatic heterocycles. The zero-order valence-electron chi connectivity index (χ0n) is 12.5. The van der Waals surface area contributed by atoms with Gasteiger partial charge >= 0.3 is 0 Å². The second-order valence-corrected chi connectivity index (χ2v) is 5.07. The summed E-state index contributed by atoms with van der Waals surface area (Å²) < 4.78 is 16.4. The standard InChI is InChI=1S/C15H24N2O3/c1-17(11-14-9-16-6-7-20-14)10-12-4-5-13(18-2)8-15(12)19-3/h4-5,8,14,16H,6-7,9-11H2,1-3H3. The summed E-state index contributed by atoms with van der Waals surface area (Å²) in [5.74, 6) is 1.67. The first-order chi connectivity index (χ1) is 9.72. The van der Waals surface area contributed by atoms with Crippen LogP contribution in [-0.2, 0) is 11.3 Å². The van der Waals surface area contributed by atoms with E-state index in [-0.39, 0.29) is 6.10 Å². The summed E-state index contributed by atoms with van der Waals surface area (Å²) in [5.41, 5.74) is 1.15. The molecule has 5 nitrogen and oxygen atoms in total. The van der Waals surface area contributed by atoms with Crippen LogP contribution in [-0.4, -0.2) is 58.5 Å². The molecule has 0 aliphatic carbocycles. The fraction of sp³-hybridized carbons (Fsp3) is 0.600. The quantitative estimate of drug-likeness (QED) is 0.846. The third kappa shape index (κ3) is 4.10. The van der Waals surface area contributed by atoms with E-state index in [1.165, 1.54) is 0 Å². The molecule has 1 saturated heterocycles. The summed E-state index contributed by atoms with van der Waals surface area (Å²) in [6.07, 6.45) is 0.262. The lowest BCUT2D eigenvalue weighted by molar-refractivity contribution is 0.00875. The van der Waals surface area contributed by atoms with Crippen LogP contribution in [0, 0.1) is 0 Å². The van der Waals surface area contributed by atoms with Gasteiger partial charge in [0.05, 0.1) is 26.9 Å². The zero-order chi connectivity index (χ0) is 14.4. The molecule has 20 heavy (non-hydrogen) atoms. The molecule has 1 aliphatic rings. The molecule has 1 N–H and O–H groups in total. The number of hydrogen-bond donors (Lipinski definition) is 1. The molecule has 0 amide bonds. The van der Waals surface area contributed by atoms with Gasteiger partial charge in [-0.05, 0) is 13.1 Å². The van der Waals surface area contributed by atoms with Gasteiger partial charge in [-0.2, -0.15) is 0 Å². The Morgan fingerprint density at radius 3 is 2.85 bits per heavy atom. The number of hydrogen-bond acceptors (Lipinski definition) is 5. The van der Waals surface area contributed by atoms with Crippen LogP contribution < -0.4 is 14.8 Å². The Bertz CT molecular complexity index is 420. The van der Waals surface area contributed by atoms with Crippen LogP contribution in [0.4, 0.5) is 0 Å². The Labute approximate surface area is 120 Å². The molecule has 2 rings (SSSR count). The summed E-state index contributed by atoms with van der Waals surface area (Å²) >= 11 is 0. The van der Waals surface area contributed by atoms with Gasteiger partial charge in [0, 0.05) is 37.8 Å². The number of rotatable bonds is 6. The van der Waals surface area contributed by atoms with Crippen molar-refractivity contribution in [2.24, 2.45) is 0 Å². The third-order valence-electron chi connectivity index (χ3n) is 3.45. The minimum absolute atomic E-state index is 0.262. The summed E-state index contributed by atoms with van der Waals surface area (Å²) in [4.78, 5) is 2.25. The molecule has 1 unspecified atom stereocenters. The lowest BCUT2D eigenvalue weighted by Gasteiger charge is -2.28. The Balaban J connectivity index is 1.94. The van der Waals surface area contributed by atoms with E-state index < -0.39 is 0 Å². The molecule has 0 aromatic heterocycles. The van der Waals surface area contributed by atoms with Crippen molar-refractivity contribution in [1.29, 1.82) is 0 Å². The number of methoxy groups -OCH3 is 2. The van der Waals surface area contributed by atoms with Gasteiger partial charge in [0.2, 0.25) is 0 Å². The molecule has 1 fully saturated rings. The predicted octanol–water partition coefficient (Wildman–Crippen LogP) is 1.12. The highest BCUT2D eigenvalue weighted by Gasteiger charge is 2.16. The van der Waals surface area contributed by atoms with E-state index in [4.69, 9.17) is 14.2 Å². The maximum Gasteiger partial charge on any atom is 0.127 e. The van der Waals surface area contributed by atoms with Crippen molar-refractivity contribution in [3.8, 4) is 11.5 Å². The average molecular weight is 280 g/mol. The van der Waals surface area contributed by atoms with Gasteiger partial charge in [0.25, 0.3) is 0 Å². The smallest absolute Gasteiger partial charge is 0.127 e. The summed E-state index contributed by atoms with van der Waals surface area (Å²) in [7, 11) is 5.45. The number of ether oxygens (including phenoxy) is 3. The van der Waals surface area contributed by atoms with Gasteiger partial charge in [-0.3, -0.25) is 4.90 Å². The van der Waals surface area contributed by atoms with E-state index in [0.29, 0.717) is 0 Å². The van der Waals surface area contributed by atoms with Gasteiger partial charge in [-0.15, -0.1) is 0 Å². The van der Waals surface area contributed by atoms with Gasteiger partial charge in [0.1, 0.15) is 11.5 Å². The van der Waals surface area contributed by atoms with Crippen LogP contribution in [0.25, 0.3) is 0 Å². The number of benzene rings is 1. The Hall–Kier alpha value is -1.30. The second-order valence-electron chi connectivity index (χ2n) is 5.07. The van der Waals surface area contributed by atoms with Gasteiger partial charge < -0.3 is 19.5 Å².